The van der Waals surface area contributed by atoms with E-state index < -0.39 is 0 Å². The van der Waals surface area contributed by atoms with E-state index in [1.165, 1.54) is 0 Å². The fourth-order valence-electron chi connectivity index (χ4n) is 1.79. The van der Waals surface area contributed by atoms with Crippen LogP contribution < -0.4 is 16.2 Å². The van der Waals surface area contributed by atoms with E-state index in [1.807, 2.05) is 31.2 Å². The first-order chi connectivity index (χ1) is 9.10. The summed E-state index contributed by atoms with van der Waals surface area (Å²) in [5.41, 5.74) is 14.4. The Bertz CT molecular complexity index is 619. The average Bonchev–Trinajstić information content (AvgIpc) is 2.40. The average molecular weight is 256 g/mol. The molecule has 0 fully saturated rings. The van der Waals surface area contributed by atoms with E-state index in [4.69, 9.17) is 16.2 Å². The summed E-state index contributed by atoms with van der Waals surface area (Å²) in [4.78, 5) is 8.39. The Balaban J connectivity index is 2.51. The van der Waals surface area contributed by atoms with Crippen LogP contribution in [0.1, 0.15) is 5.56 Å². The third-order valence-electron chi connectivity index (χ3n) is 2.72. The molecule has 2 aromatic rings. The molecule has 98 valence electrons. The summed E-state index contributed by atoms with van der Waals surface area (Å²) in [6, 6.07) is 9.40. The Morgan fingerprint density at radius 2 is 2.00 bits per heavy atom. The van der Waals surface area contributed by atoms with Crippen molar-refractivity contribution in [2.75, 3.05) is 7.11 Å². The van der Waals surface area contributed by atoms with Crippen molar-refractivity contribution in [3.05, 3.63) is 42.1 Å². The van der Waals surface area contributed by atoms with Crippen molar-refractivity contribution in [2.45, 2.75) is 6.92 Å². The molecule has 0 spiro atoms. The van der Waals surface area contributed by atoms with E-state index in [9.17, 15) is 0 Å². The second-order valence-electron chi connectivity index (χ2n) is 4.12. The maximum atomic E-state index is 5.39. The van der Waals surface area contributed by atoms with Gasteiger partial charge in [0.15, 0.2) is 5.96 Å². The number of nitrogens with zero attached hydrogens (tertiary/aromatic N) is 2. The minimum absolute atomic E-state index is 0.0356. The Kier molecular flexibility index (Phi) is 3.66. The molecule has 5 heteroatoms. The number of benzene rings is 1. The second kappa shape index (κ2) is 5.39. The highest BCUT2D eigenvalue weighted by atomic mass is 16.5. The highest BCUT2D eigenvalue weighted by molar-refractivity contribution is 5.80. The molecule has 0 aliphatic carbocycles. The van der Waals surface area contributed by atoms with Crippen molar-refractivity contribution in [1.82, 2.24) is 4.98 Å². The van der Waals surface area contributed by atoms with Crippen LogP contribution >= 0.6 is 0 Å². The molecule has 0 aliphatic heterocycles. The molecular weight excluding hydrogens is 240 g/mol. The number of methoxy groups -OCH3 is 1. The summed E-state index contributed by atoms with van der Waals surface area (Å²) in [5.74, 6) is 0.796. The molecular formula is C14H16N4O. The number of guanidine groups is 1. The van der Waals surface area contributed by atoms with Gasteiger partial charge in [-0.15, -0.1) is 0 Å². The number of rotatable bonds is 3. The number of ether oxygens (including phenoxy) is 1. The number of aromatic nitrogens is 1. The third-order valence-corrected chi connectivity index (χ3v) is 2.72. The summed E-state index contributed by atoms with van der Waals surface area (Å²) < 4.78 is 5.20. The molecule has 0 unspecified atom stereocenters. The van der Waals surface area contributed by atoms with Crippen molar-refractivity contribution in [3.8, 4) is 17.0 Å². The Labute approximate surface area is 111 Å². The van der Waals surface area contributed by atoms with Gasteiger partial charge in [-0.05, 0) is 30.7 Å². The van der Waals surface area contributed by atoms with Crippen LogP contribution in [0.5, 0.6) is 5.75 Å². The van der Waals surface area contributed by atoms with E-state index in [0.717, 1.165) is 22.6 Å². The van der Waals surface area contributed by atoms with E-state index in [2.05, 4.69) is 9.98 Å². The lowest BCUT2D eigenvalue weighted by atomic mass is 10.0. The number of aliphatic imine (C=N–C) groups is 1. The molecule has 0 radical (unpaired) electrons. The summed E-state index contributed by atoms with van der Waals surface area (Å²) >= 11 is 0. The zero-order valence-electron chi connectivity index (χ0n) is 10.9. The summed E-state index contributed by atoms with van der Waals surface area (Å²) in [6.45, 7) is 2.01. The predicted octanol–water partition coefficient (Wildman–Crippen LogP) is 1.97. The first-order valence-electron chi connectivity index (χ1n) is 5.81. The second-order valence-corrected chi connectivity index (χ2v) is 4.12. The largest absolute Gasteiger partial charge is 0.497 e. The van der Waals surface area contributed by atoms with Crippen LogP contribution in [-0.2, 0) is 0 Å². The summed E-state index contributed by atoms with van der Waals surface area (Å²) in [6.07, 6.45) is 1.71. The molecule has 1 aromatic heterocycles. The van der Waals surface area contributed by atoms with Gasteiger partial charge in [-0.25, -0.2) is 4.99 Å². The van der Waals surface area contributed by atoms with Crippen molar-refractivity contribution in [1.29, 1.82) is 0 Å². The summed E-state index contributed by atoms with van der Waals surface area (Å²) in [5, 5.41) is 0. The highest BCUT2D eigenvalue weighted by Gasteiger charge is 2.06. The van der Waals surface area contributed by atoms with Crippen LogP contribution in [0, 0.1) is 6.92 Å². The van der Waals surface area contributed by atoms with Crippen LogP contribution in [-0.4, -0.2) is 18.1 Å². The third kappa shape index (κ3) is 3.01. The van der Waals surface area contributed by atoms with Gasteiger partial charge in [-0.1, -0.05) is 6.07 Å². The lowest BCUT2D eigenvalue weighted by Crippen LogP contribution is -2.21. The number of hydrogen-bond acceptors (Lipinski definition) is 3. The SMILES string of the molecule is COc1ccnc(-c2cc(N=C(N)N)ccc2C)c1. The maximum Gasteiger partial charge on any atom is 0.191 e. The van der Waals surface area contributed by atoms with Gasteiger partial charge in [-0.2, -0.15) is 0 Å². The first kappa shape index (κ1) is 12.9. The summed E-state index contributed by atoms with van der Waals surface area (Å²) in [7, 11) is 1.63. The quantitative estimate of drug-likeness (QED) is 0.649. The lowest BCUT2D eigenvalue weighted by Gasteiger charge is -2.08. The number of hydrogen-bond donors (Lipinski definition) is 2. The zero-order chi connectivity index (χ0) is 13.8. The van der Waals surface area contributed by atoms with E-state index >= 15 is 0 Å². The Hall–Kier alpha value is -2.56. The Morgan fingerprint density at radius 3 is 2.68 bits per heavy atom. The Morgan fingerprint density at radius 1 is 1.21 bits per heavy atom. The van der Waals surface area contributed by atoms with E-state index in [1.54, 1.807) is 19.4 Å². The van der Waals surface area contributed by atoms with E-state index in [0.29, 0.717) is 5.69 Å². The molecule has 0 saturated heterocycles. The number of pyridine rings is 1. The molecule has 0 bridgehead atoms. The van der Waals surface area contributed by atoms with E-state index in [-0.39, 0.29) is 5.96 Å². The molecule has 0 saturated carbocycles. The van der Waals surface area contributed by atoms with Gasteiger partial charge < -0.3 is 16.2 Å². The molecule has 0 aliphatic rings. The van der Waals surface area contributed by atoms with Crippen LogP contribution in [0.4, 0.5) is 5.69 Å². The van der Waals surface area contributed by atoms with Crippen molar-refractivity contribution >= 4 is 11.6 Å². The van der Waals surface area contributed by atoms with Crippen molar-refractivity contribution < 1.29 is 4.74 Å². The molecule has 5 nitrogen and oxygen atoms in total. The molecule has 19 heavy (non-hydrogen) atoms. The predicted molar refractivity (Wildman–Crippen MR) is 76.4 cm³/mol. The van der Waals surface area contributed by atoms with Gasteiger partial charge >= 0.3 is 0 Å². The first-order valence-corrected chi connectivity index (χ1v) is 5.81. The van der Waals surface area contributed by atoms with Gasteiger partial charge in [0.05, 0.1) is 18.5 Å². The molecule has 1 aromatic carbocycles. The van der Waals surface area contributed by atoms with Crippen molar-refractivity contribution in [3.63, 3.8) is 0 Å². The monoisotopic (exact) mass is 256 g/mol. The number of nitrogens with two attached hydrogens (primary N) is 2. The zero-order valence-corrected chi connectivity index (χ0v) is 10.9. The fourth-order valence-corrected chi connectivity index (χ4v) is 1.79. The normalized spacial score (nSPS) is 10.0. The molecule has 0 atom stereocenters. The van der Waals surface area contributed by atoms with Crippen molar-refractivity contribution in [2.24, 2.45) is 16.5 Å². The van der Waals surface area contributed by atoms with Crippen LogP contribution in [0.2, 0.25) is 0 Å². The lowest BCUT2D eigenvalue weighted by molar-refractivity contribution is 0.414. The molecule has 0 amide bonds. The van der Waals surface area contributed by atoms with Gasteiger partial charge in [0, 0.05) is 17.8 Å². The standard InChI is InChI=1S/C14H16N4O/c1-9-3-4-10(18-14(15)16)7-12(9)13-8-11(19-2)5-6-17-13/h3-8H,1-2H3,(H4,15,16,18). The molecule has 2 rings (SSSR count). The van der Waals surface area contributed by atoms with Crippen LogP contribution in [0.15, 0.2) is 41.5 Å². The fraction of sp³-hybridized carbons (Fsp3) is 0.143. The maximum absolute atomic E-state index is 5.39. The smallest absolute Gasteiger partial charge is 0.191 e. The minimum Gasteiger partial charge on any atom is -0.497 e. The van der Waals surface area contributed by atoms with Gasteiger partial charge in [0.1, 0.15) is 5.75 Å². The number of aryl methyl sites for hydroxylation is 1. The highest BCUT2D eigenvalue weighted by Crippen LogP contribution is 2.28. The topological polar surface area (TPSA) is 86.5 Å². The molecule has 1 heterocycles. The van der Waals surface area contributed by atoms with Crippen LogP contribution in [0.25, 0.3) is 11.3 Å². The van der Waals surface area contributed by atoms with Gasteiger partial charge in [-0.3, -0.25) is 4.98 Å². The minimum atomic E-state index is 0.0356. The van der Waals surface area contributed by atoms with Crippen LogP contribution in [0.3, 0.4) is 0 Å². The molecule has 4 N–H and O–H groups in total. The van der Waals surface area contributed by atoms with Gasteiger partial charge in [0.25, 0.3) is 0 Å². The van der Waals surface area contributed by atoms with Gasteiger partial charge in [0.2, 0.25) is 0 Å².